The minimum Gasteiger partial charge on any atom is -0.244 e. The van der Waals surface area contributed by atoms with Gasteiger partial charge in [-0.2, -0.15) is 0 Å². The summed E-state index contributed by atoms with van der Waals surface area (Å²) in [6, 6.07) is 0.175. The van der Waals surface area contributed by atoms with Crippen molar-refractivity contribution in [1.29, 1.82) is 0 Å². The van der Waals surface area contributed by atoms with Crippen molar-refractivity contribution in [3.63, 3.8) is 0 Å². The highest BCUT2D eigenvalue weighted by Gasteiger charge is 2.58. The number of rotatable bonds is 4. The molecule has 1 saturated heterocycles. The van der Waals surface area contributed by atoms with Crippen LogP contribution in [0.25, 0.3) is 0 Å². The molecule has 0 atom stereocenters. The Morgan fingerprint density at radius 3 is 1.10 bits per heavy atom. The molecule has 0 spiro atoms. The van der Waals surface area contributed by atoms with E-state index in [2.05, 4.69) is 69.2 Å². The average molecular weight is 282 g/mol. The summed E-state index contributed by atoms with van der Waals surface area (Å²) in [5.74, 6) is 0. The van der Waals surface area contributed by atoms with E-state index < -0.39 is 0 Å². The Bertz CT molecular complexity index is 347. The molecule has 0 saturated carbocycles. The van der Waals surface area contributed by atoms with Gasteiger partial charge in [-0.3, -0.25) is 0 Å². The van der Waals surface area contributed by atoms with E-state index in [0.29, 0.717) is 0 Å². The Labute approximate surface area is 125 Å². The summed E-state index contributed by atoms with van der Waals surface area (Å²) in [4.78, 5) is 12.3. The van der Waals surface area contributed by atoms with Crippen LogP contribution in [0.5, 0.6) is 0 Å². The van der Waals surface area contributed by atoms with E-state index in [1.165, 1.54) is 0 Å². The zero-order valence-corrected chi connectivity index (χ0v) is 15.2. The van der Waals surface area contributed by atoms with Crippen LogP contribution >= 0.6 is 0 Å². The summed E-state index contributed by atoms with van der Waals surface area (Å²) in [6.45, 7) is 22.1. The molecule has 0 aliphatic carbocycles. The predicted molar refractivity (Wildman–Crippen MR) is 85.4 cm³/mol. The van der Waals surface area contributed by atoms with Crippen LogP contribution in [0.2, 0.25) is 0 Å². The largest absolute Gasteiger partial charge is 0.358 e. The van der Waals surface area contributed by atoms with Gasteiger partial charge in [0.15, 0.2) is 0 Å². The zero-order valence-electron chi connectivity index (χ0n) is 15.2. The Morgan fingerprint density at radius 2 is 0.900 bits per heavy atom. The number of hydrogen-bond donors (Lipinski definition) is 0. The lowest BCUT2D eigenvalue weighted by Crippen LogP contribution is -2.43. The highest BCUT2D eigenvalue weighted by molar-refractivity contribution is 5.88. The van der Waals surface area contributed by atoms with Crippen molar-refractivity contribution in [3.05, 3.63) is 0 Å². The number of carbonyl (C=O) groups excluding carboxylic acids is 1. The molecule has 118 valence electrons. The van der Waals surface area contributed by atoms with Crippen molar-refractivity contribution in [1.82, 2.24) is 10.0 Å². The van der Waals surface area contributed by atoms with Crippen molar-refractivity contribution in [2.24, 2.45) is 10.8 Å². The number of hydrogen-bond acceptors (Lipinski definition) is 1. The summed E-state index contributed by atoms with van der Waals surface area (Å²) in [5, 5.41) is 3.92. The highest BCUT2D eigenvalue weighted by atomic mass is 16.2. The molecule has 2 amide bonds. The SMILES string of the molecule is CC(C)(C)CC(C)(C)N1C(=O)N1C(C)(C)CC(C)(C)C. The molecule has 0 bridgehead atoms. The molecule has 20 heavy (non-hydrogen) atoms. The molecule has 1 heterocycles. The molecular weight excluding hydrogens is 248 g/mol. The van der Waals surface area contributed by atoms with Crippen LogP contribution in [-0.4, -0.2) is 27.1 Å². The molecule has 1 aliphatic heterocycles. The molecule has 0 aromatic carbocycles. The Kier molecular flexibility index (Phi) is 4.02. The molecule has 0 unspecified atom stereocenters. The van der Waals surface area contributed by atoms with Gasteiger partial charge in [0.05, 0.1) is 11.1 Å². The first-order chi connectivity index (χ1) is 8.57. The van der Waals surface area contributed by atoms with Gasteiger partial charge in [0.25, 0.3) is 0 Å². The molecule has 3 heteroatoms. The lowest BCUT2D eigenvalue weighted by Gasteiger charge is -2.38. The second kappa shape index (κ2) is 4.64. The monoisotopic (exact) mass is 282 g/mol. The van der Waals surface area contributed by atoms with Gasteiger partial charge >= 0.3 is 6.03 Å². The van der Waals surface area contributed by atoms with Crippen molar-refractivity contribution >= 4 is 6.03 Å². The Hall–Kier alpha value is -0.730. The first-order valence-corrected chi connectivity index (χ1v) is 7.71. The standard InChI is InChI=1S/C17H34N2O/c1-14(2,3)11-16(7,8)18-13(20)19(18)17(9,10)12-15(4,5)6/h11-12H2,1-10H3. The van der Waals surface area contributed by atoms with E-state index in [4.69, 9.17) is 0 Å². The number of hydrazine groups is 1. The zero-order chi connectivity index (χ0) is 16.1. The van der Waals surface area contributed by atoms with Gasteiger partial charge in [-0.25, -0.2) is 14.8 Å². The van der Waals surface area contributed by atoms with Crippen LogP contribution in [0.3, 0.4) is 0 Å². The smallest absolute Gasteiger partial charge is 0.244 e. The van der Waals surface area contributed by atoms with Gasteiger partial charge in [-0.05, 0) is 51.4 Å². The minimum atomic E-state index is -0.121. The Morgan fingerprint density at radius 1 is 0.650 bits per heavy atom. The quantitative estimate of drug-likeness (QED) is 0.660. The topological polar surface area (TPSA) is 23.1 Å². The molecule has 0 aromatic heterocycles. The van der Waals surface area contributed by atoms with E-state index in [0.717, 1.165) is 12.8 Å². The maximum Gasteiger partial charge on any atom is 0.358 e. The molecule has 1 rings (SSSR count). The molecule has 0 radical (unpaired) electrons. The number of nitrogens with zero attached hydrogens (tertiary/aromatic N) is 2. The Balaban J connectivity index is 2.85. The molecule has 1 aliphatic rings. The second-order valence-corrected chi connectivity index (χ2v) is 10.0. The normalized spacial score (nSPS) is 17.8. The number of urea groups is 1. The van der Waals surface area contributed by atoms with Crippen molar-refractivity contribution in [3.8, 4) is 0 Å². The molecule has 0 aromatic rings. The summed E-state index contributed by atoms with van der Waals surface area (Å²) in [5.41, 5.74) is 0.188. The van der Waals surface area contributed by atoms with E-state index in [-0.39, 0.29) is 27.9 Å². The highest BCUT2D eigenvalue weighted by Crippen LogP contribution is 2.45. The second-order valence-electron chi connectivity index (χ2n) is 10.0. The summed E-state index contributed by atoms with van der Waals surface area (Å²) in [7, 11) is 0. The summed E-state index contributed by atoms with van der Waals surface area (Å²) < 4.78 is 0. The van der Waals surface area contributed by atoms with Crippen LogP contribution in [-0.2, 0) is 0 Å². The third-order valence-corrected chi connectivity index (χ3v) is 3.60. The van der Waals surface area contributed by atoms with E-state index in [9.17, 15) is 4.79 Å². The van der Waals surface area contributed by atoms with Gasteiger partial charge in [0.2, 0.25) is 0 Å². The lowest BCUT2D eigenvalue weighted by atomic mass is 9.81. The van der Waals surface area contributed by atoms with Gasteiger partial charge in [0, 0.05) is 0 Å². The van der Waals surface area contributed by atoms with Crippen molar-refractivity contribution < 1.29 is 4.79 Å². The third-order valence-electron chi connectivity index (χ3n) is 3.60. The third kappa shape index (κ3) is 4.13. The van der Waals surface area contributed by atoms with E-state index in [1.807, 2.05) is 10.0 Å². The van der Waals surface area contributed by atoms with Gasteiger partial charge in [-0.15, -0.1) is 0 Å². The maximum absolute atomic E-state index is 12.3. The lowest BCUT2D eigenvalue weighted by molar-refractivity contribution is 0.0431. The first-order valence-electron chi connectivity index (χ1n) is 7.71. The van der Waals surface area contributed by atoms with Crippen LogP contribution < -0.4 is 0 Å². The summed E-state index contributed by atoms with van der Waals surface area (Å²) in [6.07, 6.45) is 1.99. The molecule has 3 nitrogen and oxygen atoms in total. The number of carbonyl (C=O) groups is 1. The fraction of sp³-hybridized carbons (Fsp3) is 0.941. The van der Waals surface area contributed by atoms with Gasteiger partial charge in [-0.1, -0.05) is 41.5 Å². The fourth-order valence-electron chi connectivity index (χ4n) is 3.94. The minimum absolute atomic E-state index is 0.121. The molecular formula is C17H34N2O. The van der Waals surface area contributed by atoms with Crippen LogP contribution in [0.4, 0.5) is 4.79 Å². The van der Waals surface area contributed by atoms with Gasteiger partial charge < -0.3 is 0 Å². The van der Waals surface area contributed by atoms with Crippen molar-refractivity contribution in [2.45, 2.75) is 93.2 Å². The van der Waals surface area contributed by atoms with Crippen molar-refractivity contribution in [2.75, 3.05) is 0 Å². The van der Waals surface area contributed by atoms with E-state index >= 15 is 0 Å². The number of amides is 2. The average Bonchev–Trinajstić information content (AvgIpc) is 2.68. The fourth-order valence-corrected chi connectivity index (χ4v) is 3.94. The van der Waals surface area contributed by atoms with E-state index in [1.54, 1.807) is 0 Å². The van der Waals surface area contributed by atoms with Crippen LogP contribution in [0.15, 0.2) is 0 Å². The van der Waals surface area contributed by atoms with Crippen LogP contribution in [0.1, 0.15) is 82.1 Å². The predicted octanol–water partition coefficient (Wildman–Crippen LogP) is 5.07. The summed E-state index contributed by atoms with van der Waals surface area (Å²) >= 11 is 0. The first kappa shape index (κ1) is 17.3. The van der Waals surface area contributed by atoms with Gasteiger partial charge in [0.1, 0.15) is 0 Å². The maximum atomic E-state index is 12.3. The molecule has 1 fully saturated rings. The molecule has 0 N–H and O–H groups in total. The van der Waals surface area contributed by atoms with Crippen LogP contribution in [0, 0.1) is 10.8 Å².